The van der Waals surface area contributed by atoms with E-state index in [1.807, 2.05) is 30.3 Å². The van der Waals surface area contributed by atoms with Gasteiger partial charge in [0.1, 0.15) is 0 Å². The van der Waals surface area contributed by atoms with Crippen LogP contribution in [0.2, 0.25) is 10.0 Å². The Morgan fingerprint density at radius 1 is 0.811 bits per heavy atom. The molecule has 5 rings (SSSR count). The minimum atomic E-state index is -3.65. The van der Waals surface area contributed by atoms with Crippen LogP contribution >= 0.6 is 23.2 Å². The first kappa shape index (κ1) is 24.9. The maximum atomic E-state index is 13.0. The molecule has 3 aromatic carbocycles. The fourth-order valence-electron chi connectivity index (χ4n) is 3.97. The first-order valence-electron chi connectivity index (χ1n) is 11.2. The van der Waals surface area contributed by atoms with Gasteiger partial charge in [0.15, 0.2) is 14.9 Å². The van der Waals surface area contributed by atoms with Gasteiger partial charge in [0.2, 0.25) is 0 Å². The molecule has 0 saturated carbocycles. The van der Waals surface area contributed by atoms with E-state index in [4.69, 9.17) is 23.2 Å². The Balaban J connectivity index is 1.39. The average molecular weight is 548 g/mol. The summed E-state index contributed by atoms with van der Waals surface area (Å²) >= 11 is 12.9. The summed E-state index contributed by atoms with van der Waals surface area (Å²) in [4.78, 5) is 21.5. The van der Waals surface area contributed by atoms with Crippen LogP contribution < -0.4 is 5.32 Å². The van der Waals surface area contributed by atoms with E-state index in [9.17, 15) is 13.2 Å². The summed E-state index contributed by atoms with van der Waals surface area (Å²) in [6.07, 6.45) is 3.14. The SMILES string of the molecule is O=C(Nc1ccc(Cl)c(-c2nccc3ccccc23)c1)c1ccc(CS(=O)(=O)c2ccccn2)cc1Cl. The van der Waals surface area contributed by atoms with Crippen molar-refractivity contribution in [3.05, 3.63) is 118 Å². The molecule has 6 nitrogen and oxygen atoms in total. The van der Waals surface area contributed by atoms with Crippen LogP contribution in [0.25, 0.3) is 22.0 Å². The number of nitrogens with zero attached hydrogens (tertiary/aromatic N) is 2. The van der Waals surface area contributed by atoms with Gasteiger partial charge >= 0.3 is 0 Å². The molecule has 0 atom stereocenters. The normalized spacial score (nSPS) is 11.4. The van der Waals surface area contributed by atoms with Gasteiger partial charge in [-0.3, -0.25) is 9.78 Å². The smallest absolute Gasteiger partial charge is 0.257 e. The number of pyridine rings is 2. The van der Waals surface area contributed by atoms with Crippen LogP contribution in [0.5, 0.6) is 0 Å². The third-order valence-corrected chi connectivity index (χ3v) is 7.98. The lowest BCUT2D eigenvalue weighted by Gasteiger charge is -2.12. The molecule has 0 spiro atoms. The first-order chi connectivity index (χ1) is 17.8. The molecule has 5 aromatic rings. The van der Waals surface area contributed by atoms with Gasteiger partial charge in [0, 0.05) is 29.0 Å². The molecule has 1 N–H and O–H groups in total. The van der Waals surface area contributed by atoms with E-state index in [0.717, 1.165) is 10.8 Å². The van der Waals surface area contributed by atoms with E-state index in [2.05, 4.69) is 15.3 Å². The number of benzene rings is 3. The van der Waals surface area contributed by atoms with E-state index in [-0.39, 0.29) is 21.4 Å². The van der Waals surface area contributed by atoms with E-state index < -0.39 is 15.7 Å². The van der Waals surface area contributed by atoms with Crippen LogP contribution in [0.15, 0.2) is 102 Å². The van der Waals surface area contributed by atoms with Gasteiger partial charge in [0.05, 0.1) is 27.1 Å². The van der Waals surface area contributed by atoms with Crippen molar-refractivity contribution in [3.8, 4) is 11.3 Å². The van der Waals surface area contributed by atoms with Crippen molar-refractivity contribution < 1.29 is 13.2 Å². The summed E-state index contributed by atoms with van der Waals surface area (Å²) in [5, 5.41) is 5.42. The molecular formula is C28H19Cl2N3O3S. The first-order valence-corrected chi connectivity index (χ1v) is 13.6. The van der Waals surface area contributed by atoms with Crippen molar-refractivity contribution in [3.63, 3.8) is 0 Å². The second kappa shape index (κ2) is 10.3. The number of hydrogen-bond acceptors (Lipinski definition) is 5. The predicted octanol–water partition coefficient (Wildman–Crippen LogP) is 6.83. The molecule has 0 aliphatic rings. The Labute approximate surface area is 223 Å². The lowest BCUT2D eigenvalue weighted by Crippen LogP contribution is -2.13. The molecule has 0 radical (unpaired) electrons. The third-order valence-electron chi connectivity index (χ3n) is 5.74. The zero-order valence-corrected chi connectivity index (χ0v) is 21.6. The number of aromatic nitrogens is 2. The Bertz CT molecular complexity index is 1740. The number of carbonyl (C=O) groups excluding carboxylic acids is 1. The highest BCUT2D eigenvalue weighted by molar-refractivity contribution is 7.90. The molecule has 2 aromatic heterocycles. The molecule has 0 fully saturated rings. The molecule has 0 aliphatic carbocycles. The lowest BCUT2D eigenvalue weighted by atomic mass is 10.0. The van der Waals surface area contributed by atoms with E-state index in [1.54, 1.807) is 42.6 Å². The molecule has 0 saturated heterocycles. The fraction of sp³-hybridized carbons (Fsp3) is 0.0357. The Hall–Kier alpha value is -3.78. The summed E-state index contributed by atoms with van der Waals surface area (Å²) in [7, 11) is -3.65. The second-order valence-corrected chi connectivity index (χ2v) is 11.0. The molecular weight excluding hydrogens is 529 g/mol. The molecule has 0 bridgehead atoms. The number of nitrogens with one attached hydrogen (secondary N) is 1. The van der Waals surface area contributed by atoms with Crippen LogP contribution in [0.1, 0.15) is 15.9 Å². The minimum absolute atomic E-state index is 0.0211. The Morgan fingerprint density at radius 3 is 2.41 bits per heavy atom. The Kier molecular flexibility index (Phi) is 6.93. The van der Waals surface area contributed by atoms with Crippen molar-refractivity contribution >= 4 is 55.4 Å². The van der Waals surface area contributed by atoms with Crippen LogP contribution in [-0.4, -0.2) is 24.3 Å². The quantitative estimate of drug-likeness (QED) is 0.251. The highest BCUT2D eigenvalue weighted by Crippen LogP contribution is 2.34. The predicted molar refractivity (Wildman–Crippen MR) is 147 cm³/mol. The van der Waals surface area contributed by atoms with Crippen molar-refractivity contribution in [1.82, 2.24) is 9.97 Å². The van der Waals surface area contributed by atoms with Gasteiger partial charge < -0.3 is 5.32 Å². The van der Waals surface area contributed by atoms with E-state index >= 15 is 0 Å². The number of rotatable bonds is 6. The number of amides is 1. The lowest BCUT2D eigenvalue weighted by molar-refractivity contribution is 0.102. The minimum Gasteiger partial charge on any atom is -0.322 e. The second-order valence-electron chi connectivity index (χ2n) is 8.27. The zero-order chi connectivity index (χ0) is 26.0. The van der Waals surface area contributed by atoms with Crippen LogP contribution in [0, 0.1) is 0 Å². The van der Waals surface area contributed by atoms with E-state index in [1.165, 1.54) is 24.4 Å². The number of carbonyl (C=O) groups is 1. The maximum Gasteiger partial charge on any atom is 0.257 e. The molecule has 0 aliphatic heterocycles. The van der Waals surface area contributed by atoms with Crippen molar-refractivity contribution in [2.75, 3.05) is 5.32 Å². The Morgan fingerprint density at radius 2 is 1.62 bits per heavy atom. The monoisotopic (exact) mass is 547 g/mol. The third kappa shape index (κ3) is 5.34. The van der Waals surface area contributed by atoms with Crippen molar-refractivity contribution in [2.24, 2.45) is 0 Å². The van der Waals surface area contributed by atoms with Gasteiger partial charge in [-0.05, 0) is 59.5 Å². The molecule has 1 amide bonds. The number of sulfone groups is 1. The van der Waals surface area contributed by atoms with Crippen LogP contribution in [0.3, 0.4) is 0 Å². The molecule has 2 heterocycles. The summed E-state index contributed by atoms with van der Waals surface area (Å²) in [5.41, 5.74) is 2.55. The number of hydrogen-bond donors (Lipinski definition) is 1. The highest BCUT2D eigenvalue weighted by atomic mass is 35.5. The summed E-state index contributed by atoms with van der Waals surface area (Å²) in [6, 6.07) is 24.2. The van der Waals surface area contributed by atoms with Gasteiger partial charge in [-0.25, -0.2) is 13.4 Å². The van der Waals surface area contributed by atoms with E-state index in [0.29, 0.717) is 27.5 Å². The van der Waals surface area contributed by atoms with Gasteiger partial charge in [-0.15, -0.1) is 0 Å². The fourth-order valence-corrected chi connectivity index (χ4v) is 5.74. The van der Waals surface area contributed by atoms with Gasteiger partial charge in [-0.1, -0.05) is 59.6 Å². The van der Waals surface area contributed by atoms with Gasteiger partial charge in [-0.2, -0.15) is 0 Å². The van der Waals surface area contributed by atoms with Crippen LogP contribution in [0.4, 0.5) is 5.69 Å². The number of halogens is 2. The number of fused-ring (bicyclic) bond motifs is 1. The molecule has 184 valence electrons. The molecule has 0 unspecified atom stereocenters. The molecule has 37 heavy (non-hydrogen) atoms. The summed E-state index contributed by atoms with van der Waals surface area (Å²) in [5.74, 6) is -0.729. The number of anilines is 1. The topological polar surface area (TPSA) is 89.0 Å². The van der Waals surface area contributed by atoms with Crippen molar-refractivity contribution in [2.45, 2.75) is 10.8 Å². The highest BCUT2D eigenvalue weighted by Gasteiger charge is 2.19. The van der Waals surface area contributed by atoms with Crippen LogP contribution in [-0.2, 0) is 15.6 Å². The average Bonchev–Trinajstić information content (AvgIpc) is 2.90. The summed E-state index contributed by atoms with van der Waals surface area (Å²) < 4.78 is 25.3. The maximum absolute atomic E-state index is 13.0. The standard InChI is InChI=1S/C28H19Cl2N3O3S/c29-24-11-9-20(16-23(24)27-21-6-2-1-5-19(21)12-14-32-27)33-28(34)22-10-8-18(15-25(22)30)17-37(35,36)26-7-3-4-13-31-26/h1-16H,17H2,(H,33,34). The van der Waals surface area contributed by atoms with Gasteiger partial charge in [0.25, 0.3) is 5.91 Å². The molecule has 9 heteroatoms. The summed E-state index contributed by atoms with van der Waals surface area (Å²) in [6.45, 7) is 0. The van der Waals surface area contributed by atoms with Crippen molar-refractivity contribution in [1.29, 1.82) is 0 Å². The largest absolute Gasteiger partial charge is 0.322 e. The zero-order valence-electron chi connectivity index (χ0n) is 19.2.